The van der Waals surface area contributed by atoms with Crippen molar-refractivity contribution in [3.63, 3.8) is 0 Å². The number of hydrogen-bond acceptors (Lipinski definition) is 4. The minimum Gasteiger partial charge on any atom is -0.350 e. The van der Waals surface area contributed by atoms with E-state index < -0.39 is 0 Å². The van der Waals surface area contributed by atoms with E-state index in [1.165, 1.54) is 16.7 Å². The lowest BCUT2D eigenvalue weighted by molar-refractivity contribution is -0.122. The summed E-state index contributed by atoms with van der Waals surface area (Å²) in [5, 5.41) is 5.47. The Morgan fingerprint density at radius 1 is 1.10 bits per heavy atom. The number of nitrogens with zero attached hydrogens (tertiary/aromatic N) is 1. The highest BCUT2D eigenvalue weighted by Crippen LogP contribution is 2.41. The average molecular weight is 441 g/mol. The number of nitrogens with one attached hydrogen (secondary N) is 1. The molecule has 7 heteroatoms. The molecule has 1 aliphatic rings. The van der Waals surface area contributed by atoms with Gasteiger partial charge in [0.15, 0.2) is 0 Å². The molecule has 2 amide bonds. The standard InChI is InChI=1S/C22H17ClN2O2S2/c23-16-6-3-5-15(11-16)12-20-22(27)25(18-8-1-2-9-19(18)29-20)14-21(26)24-13-17-7-4-10-28-17/h1-12H,13-14H2,(H,24,26)/b20-12+. The first-order valence-corrected chi connectivity index (χ1v) is 11.0. The lowest BCUT2D eigenvalue weighted by Gasteiger charge is -2.29. The van der Waals surface area contributed by atoms with Crippen LogP contribution in [-0.4, -0.2) is 18.4 Å². The van der Waals surface area contributed by atoms with Crippen molar-refractivity contribution in [2.45, 2.75) is 11.4 Å². The third-order valence-electron chi connectivity index (χ3n) is 4.32. The Morgan fingerprint density at radius 3 is 2.76 bits per heavy atom. The van der Waals surface area contributed by atoms with Gasteiger partial charge in [0.2, 0.25) is 5.91 Å². The number of anilines is 1. The zero-order chi connectivity index (χ0) is 20.2. The molecule has 1 N–H and O–H groups in total. The van der Waals surface area contributed by atoms with Crippen LogP contribution in [0.1, 0.15) is 10.4 Å². The summed E-state index contributed by atoms with van der Waals surface area (Å²) in [5.74, 6) is -0.393. The van der Waals surface area contributed by atoms with Gasteiger partial charge in [-0.1, -0.05) is 53.7 Å². The molecular formula is C22H17ClN2O2S2. The fourth-order valence-electron chi connectivity index (χ4n) is 2.97. The summed E-state index contributed by atoms with van der Waals surface area (Å²) in [6, 6.07) is 18.9. The van der Waals surface area contributed by atoms with Crippen LogP contribution in [0.3, 0.4) is 0 Å². The predicted molar refractivity (Wildman–Crippen MR) is 120 cm³/mol. The van der Waals surface area contributed by atoms with Gasteiger partial charge < -0.3 is 5.32 Å². The number of thiophene rings is 1. The SMILES string of the molecule is O=C(CN1C(=O)/C(=C\c2cccc(Cl)c2)Sc2ccccc21)NCc1cccs1. The monoisotopic (exact) mass is 440 g/mol. The number of fused-ring (bicyclic) bond motifs is 1. The Morgan fingerprint density at radius 2 is 1.97 bits per heavy atom. The molecule has 1 aromatic heterocycles. The molecule has 0 saturated carbocycles. The topological polar surface area (TPSA) is 49.4 Å². The minimum absolute atomic E-state index is 0.0331. The van der Waals surface area contributed by atoms with Crippen LogP contribution >= 0.6 is 34.7 Å². The minimum atomic E-state index is -0.199. The third kappa shape index (κ3) is 4.72. The van der Waals surface area contributed by atoms with Crippen LogP contribution in [0.15, 0.2) is 75.8 Å². The van der Waals surface area contributed by atoms with Crippen LogP contribution < -0.4 is 10.2 Å². The second-order valence-corrected chi connectivity index (χ2v) is 8.93. The molecule has 2 aromatic carbocycles. The quantitative estimate of drug-likeness (QED) is 0.555. The van der Waals surface area contributed by atoms with Crippen LogP contribution in [0.4, 0.5) is 5.69 Å². The lowest BCUT2D eigenvalue weighted by Crippen LogP contribution is -2.42. The van der Waals surface area contributed by atoms with Crippen LogP contribution in [0.5, 0.6) is 0 Å². The smallest absolute Gasteiger partial charge is 0.265 e. The third-order valence-corrected chi connectivity index (χ3v) is 6.51. The number of hydrogen-bond donors (Lipinski definition) is 1. The maximum atomic E-state index is 13.2. The largest absolute Gasteiger partial charge is 0.350 e. The van der Waals surface area contributed by atoms with E-state index in [9.17, 15) is 9.59 Å². The number of halogens is 1. The van der Waals surface area contributed by atoms with E-state index in [-0.39, 0.29) is 18.4 Å². The molecule has 0 saturated heterocycles. The maximum absolute atomic E-state index is 13.2. The summed E-state index contributed by atoms with van der Waals surface area (Å²) in [6.45, 7) is 0.425. The first kappa shape index (κ1) is 19.8. The highest BCUT2D eigenvalue weighted by Gasteiger charge is 2.30. The highest BCUT2D eigenvalue weighted by molar-refractivity contribution is 8.04. The molecule has 0 spiro atoms. The summed E-state index contributed by atoms with van der Waals surface area (Å²) in [4.78, 5) is 29.8. The molecule has 0 unspecified atom stereocenters. The van der Waals surface area contributed by atoms with E-state index in [4.69, 9.17) is 11.6 Å². The molecule has 3 aromatic rings. The Bertz CT molecular complexity index is 1080. The molecule has 4 nitrogen and oxygen atoms in total. The molecular weight excluding hydrogens is 424 g/mol. The summed E-state index contributed by atoms with van der Waals surface area (Å²) in [5.41, 5.74) is 1.59. The van der Waals surface area contributed by atoms with Crippen LogP contribution in [0, 0.1) is 0 Å². The summed E-state index contributed by atoms with van der Waals surface area (Å²) < 4.78 is 0. The molecule has 29 heavy (non-hydrogen) atoms. The number of carbonyl (C=O) groups excluding carboxylic acids is 2. The highest BCUT2D eigenvalue weighted by atomic mass is 35.5. The molecule has 0 bridgehead atoms. The lowest BCUT2D eigenvalue weighted by atomic mass is 10.2. The van der Waals surface area contributed by atoms with E-state index >= 15 is 0 Å². The average Bonchev–Trinajstić information content (AvgIpc) is 3.23. The fraction of sp³-hybridized carbons (Fsp3) is 0.0909. The second-order valence-electron chi connectivity index (χ2n) is 6.38. The first-order chi connectivity index (χ1) is 14.1. The molecule has 0 atom stereocenters. The van der Waals surface area contributed by atoms with E-state index in [1.54, 1.807) is 23.5 Å². The molecule has 146 valence electrons. The van der Waals surface area contributed by atoms with Gasteiger partial charge in [-0.3, -0.25) is 14.5 Å². The van der Waals surface area contributed by atoms with Crippen molar-refractivity contribution in [2.75, 3.05) is 11.4 Å². The van der Waals surface area contributed by atoms with E-state index in [2.05, 4.69) is 5.32 Å². The van der Waals surface area contributed by atoms with Crippen molar-refractivity contribution >= 4 is 58.3 Å². The maximum Gasteiger partial charge on any atom is 0.265 e. The molecule has 4 rings (SSSR count). The molecule has 0 fully saturated rings. The molecule has 2 heterocycles. The van der Waals surface area contributed by atoms with Gasteiger partial charge in [0.25, 0.3) is 5.91 Å². The second kappa shape index (κ2) is 8.86. The van der Waals surface area contributed by atoms with Gasteiger partial charge in [0.05, 0.1) is 17.1 Å². The van der Waals surface area contributed by atoms with Crippen molar-refractivity contribution in [1.82, 2.24) is 5.32 Å². The zero-order valence-electron chi connectivity index (χ0n) is 15.3. The van der Waals surface area contributed by atoms with Crippen molar-refractivity contribution in [2.24, 2.45) is 0 Å². The predicted octanol–water partition coefficient (Wildman–Crippen LogP) is 5.20. The molecule has 1 aliphatic heterocycles. The van der Waals surface area contributed by atoms with Gasteiger partial charge in [-0.2, -0.15) is 0 Å². The van der Waals surface area contributed by atoms with Gasteiger partial charge in [0, 0.05) is 14.8 Å². The van der Waals surface area contributed by atoms with Gasteiger partial charge in [-0.25, -0.2) is 0 Å². The number of thioether (sulfide) groups is 1. The van der Waals surface area contributed by atoms with E-state index in [1.807, 2.05) is 60.0 Å². The Labute approximate surface area is 182 Å². The van der Waals surface area contributed by atoms with Gasteiger partial charge in [-0.15, -0.1) is 11.3 Å². The van der Waals surface area contributed by atoms with Crippen LogP contribution in [0.25, 0.3) is 6.08 Å². The summed E-state index contributed by atoms with van der Waals surface area (Å²) >= 11 is 9.06. The van der Waals surface area contributed by atoms with Gasteiger partial charge >= 0.3 is 0 Å². The van der Waals surface area contributed by atoms with Crippen molar-refractivity contribution < 1.29 is 9.59 Å². The summed E-state index contributed by atoms with van der Waals surface area (Å²) in [6.07, 6.45) is 1.81. The molecule has 0 radical (unpaired) electrons. The van der Waals surface area contributed by atoms with Crippen molar-refractivity contribution in [3.05, 3.63) is 86.4 Å². The molecule has 0 aliphatic carbocycles. The number of benzene rings is 2. The number of carbonyl (C=O) groups is 2. The van der Waals surface area contributed by atoms with Crippen LogP contribution in [-0.2, 0) is 16.1 Å². The number of rotatable bonds is 5. The Kier molecular flexibility index (Phi) is 6.04. The van der Waals surface area contributed by atoms with E-state index in [0.717, 1.165) is 21.0 Å². The van der Waals surface area contributed by atoms with Crippen LogP contribution in [0.2, 0.25) is 5.02 Å². The zero-order valence-corrected chi connectivity index (χ0v) is 17.7. The van der Waals surface area contributed by atoms with E-state index in [0.29, 0.717) is 16.5 Å². The fourth-order valence-corrected chi connectivity index (χ4v) is 4.87. The summed E-state index contributed by atoms with van der Waals surface area (Å²) in [7, 11) is 0. The Balaban J connectivity index is 1.58. The normalized spacial score (nSPS) is 14.7. The first-order valence-electron chi connectivity index (χ1n) is 8.95. The van der Waals surface area contributed by atoms with Gasteiger partial charge in [-0.05, 0) is 47.4 Å². The number of amides is 2. The van der Waals surface area contributed by atoms with Crippen molar-refractivity contribution in [3.8, 4) is 0 Å². The van der Waals surface area contributed by atoms with Gasteiger partial charge in [0.1, 0.15) is 6.54 Å². The van der Waals surface area contributed by atoms with Crippen molar-refractivity contribution in [1.29, 1.82) is 0 Å². The Hall–Kier alpha value is -2.54. The number of para-hydroxylation sites is 1.